The van der Waals surface area contributed by atoms with Gasteiger partial charge in [0.15, 0.2) is 11.6 Å². The first kappa shape index (κ1) is 23.9. The van der Waals surface area contributed by atoms with E-state index in [4.69, 9.17) is 4.74 Å². The number of carbonyl (C=O) groups excluding carboxylic acids is 3. The van der Waals surface area contributed by atoms with Gasteiger partial charge in [-0.05, 0) is 44.0 Å². The molecule has 8 heteroatoms. The van der Waals surface area contributed by atoms with Crippen molar-refractivity contribution >= 4 is 23.4 Å². The predicted octanol–water partition coefficient (Wildman–Crippen LogP) is 5.11. The third kappa shape index (κ3) is 4.67. The van der Waals surface area contributed by atoms with Gasteiger partial charge in [-0.25, -0.2) is 4.39 Å². The summed E-state index contributed by atoms with van der Waals surface area (Å²) in [6.45, 7) is 2.35. The van der Waals surface area contributed by atoms with Gasteiger partial charge in [0.2, 0.25) is 11.7 Å². The summed E-state index contributed by atoms with van der Waals surface area (Å²) >= 11 is 0. The molecule has 2 aliphatic heterocycles. The Morgan fingerprint density at radius 1 is 0.941 bits per heavy atom. The number of amides is 3. The fraction of sp³-hybridized carbons (Fsp3) is 0.423. The Bertz CT molecular complexity index is 1070. The van der Waals surface area contributed by atoms with Crippen molar-refractivity contribution in [3.8, 4) is 5.75 Å². The molecule has 6 nitrogen and oxygen atoms in total. The quantitative estimate of drug-likeness (QED) is 0.378. The van der Waals surface area contributed by atoms with E-state index in [9.17, 15) is 23.2 Å². The normalized spacial score (nSPS) is 17.0. The zero-order valence-electron chi connectivity index (χ0n) is 19.2. The number of nitrogens with zero attached hydrogens (tertiary/aromatic N) is 2. The largest absolute Gasteiger partial charge is 0.486 e. The van der Waals surface area contributed by atoms with E-state index in [2.05, 4.69) is 0 Å². The molecule has 2 heterocycles. The number of ether oxygens (including phenoxy) is 1. The van der Waals surface area contributed by atoms with E-state index in [0.717, 1.165) is 38.2 Å². The third-order valence-corrected chi connectivity index (χ3v) is 6.37. The molecule has 3 amide bonds. The van der Waals surface area contributed by atoms with Crippen LogP contribution < -0.4 is 9.64 Å². The van der Waals surface area contributed by atoms with Crippen LogP contribution >= 0.6 is 0 Å². The van der Waals surface area contributed by atoms with Crippen LogP contribution in [0.4, 0.5) is 14.5 Å². The number of hydrogen-bond acceptors (Lipinski definition) is 4. The Morgan fingerprint density at radius 3 is 2.24 bits per heavy atom. The van der Waals surface area contributed by atoms with Crippen molar-refractivity contribution in [2.45, 2.75) is 57.9 Å². The van der Waals surface area contributed by atoms with E-state index < -0.39 is 11.6 Å². The minimum atomic E-state index is -1.07. The van der Waals surface area contributed by atoms with Crippen LogP contribution in [0.1, 0.15) is 72.6 Å². The smallest absolute Gasteiger partial charge is 0.261 e. The first-order valence-corrected chi connectivity index (χ1v) is 11.8. The maximum absolute atomic E-state index is 14.0. The second-order valence-corrected chi connectivity index (χ2v) is 8.81. The average molecular weight is 471 g/mol. The minimum Gasteiger partial charge on any atom is -0.486 e. The number of imide groups is 1. The molecule has 0 spiro atoms. The fourth-order valence-electron chi connectivity index (χ4n) is 4.56. The summed E-state index contributed by atoms with van der Waals surface area (Å²) in [6.07, 6.45) is 5.39. The van der Waals surface area contributed by atoms with Crippen LogP contribution in [0, 0.1) is 11.6 Å². The van der Waals surface area contributed by atoms with E-state index >= 15 is 0 Å². The van der Waals surface area contributed by atoms with Crippen LogP contribution in [0.5, 0.6) is 5.75 Å². The summed E-state index contributed by atoms with van der Waals surface area (Å²) < 4.78 is 32.9. The van der Waals surface area contributed by atoms with Gasteiger partial charge in [0, 0.05) is 13.0 Å². The zero-order chi connectivity index (χ0) is 24.2. The van der Waals surface area contributed by atoms with E-state index in [1.54, 1.807) is 24.3 Å². The Balaban J connectivity index is 1.16. The fourth-order valence-corrected chi connectivity index (χ4v) is 4.56. The molecule has 0 saturated carbocycles. The topological polar surface area (TPSA) is 66.9 Å². The molecular weight excluding hydrogens is 442 g/mol. The second-order valence-electron chi connectivity index (χ2n) is 8.81. The molecule has 0 aromatic heterocycles. The molecule has 0 radical (unpaired) electrons. The van der Waals surface area contributed by atoms with Crippen molar-refractivity contribution in [2.24, 2.45) is 0 Å². The van der Waals surface area contributed by atoms with Gasteiger partial charge in [0.05, 0.1) is 22.9 Å². The second kappa shape index (κ2) is 10.3. The summed E-state index contributed by atoms with van der Waals surface area (Å²) in [5.41, 5.74) is 1.22. The van der Waals surface area contributed by atoms with Gasteiger partial charge >= 0.3 is 0 Å². The maximum Gasteiger partial charge on any atom is 0.261 e. The Labute approximate surface area is 197 Å². The molecule has 180 valence electrons. The average Bonchev–Trinajstić information content (AvgIpc) is 3.07. The van der Waals surface area contributed by atoms with E-state index in [0.29, 0.717) is 30.5 Å². The lowest BCUT2D eigenvalue weighted by Gasteiger charge is -2.35. The van der Waals surface area contributed by atoms with Crippen LogP contribution in [0.15, 0.2) is 36.4 Å². The van der Waals surface area contributed by atoms with Crippen LogP contribution in [-0.4, -0.2) is 41.8 Å². The van der Waals surface area contributed by atoms with E-state index in [1.165, 1.54) is 15.9 Å². The maximum atomic E-state index is 14.0. The van der Waals surface area contributed by atoms with Crippen molar-refractivity contribution in [3.63, 3.8) is 0 Å². The predicted molar refractivity (Wildman–Crippen MR) is 123 cm³/mol. The number of anilines is 1. The number of carbonyl (C=O) groups is 3. The number of fused-ring (bicyclic) bond motifs is 2. The van der Waals surface area contributed by atoms with Crippen molar-refractivity contribution in [3.05, 3.63) is 59.2 Å². The van der Waals surface area contributed by atoms with Crippen LogP contribution in [0.25, 0.3) is 0 Å². The molecule has 0 bridgehead atoms. The lowest BCUT2D eigenvalue weighted by molar-refractivity contribution is -0.119. The SMILES string of the molecule is CC1COc2c(ccc(F)c2F)N1C(=O)CCCCCCCCN1C(=O)c2ccccc2C1=O. The Kier molecular flexibility index (Phi) is 7.24. The summed E-state index contributed by atoms with van der Waals surface area (Å²) in [5.74, 6) is -2.84. The highest BCUT2D eigenvalue weighted by Gasteiger charge is 2.34. The van der Waals surface area contributed by atoms with Crippen LogP contribution in [0.2, 0.25) is 0 Å². The van der Waals surface area contributed by atoms with Gasteiger partial charge in [-0.1, -0.05) is 37.8 Å². The summed E-state index contributed by atoms with van der Waals surface area (Å²) in [6, 6.07) is 9.02. The molecule has 2 aromatic rings. The Hall–Kier alpha value is -3.29. The lowest BCUT2D eigenvalue weighted by Crippen LogP contribution is -2.45. The number of hydrogen-bond donors (Lipinski definition) is 0. The van der Waals surface area contributed by atoms with Gasteiger partial charge < -0.3 is 9.64 Å². The van der Waals surface area contributed by atoms with E-state index in [-0.39, 0.29) is 41.8 Å². The van der Waals surface area contributed by atoms with Crippen molar-refractivity contribution in [1.82, 2.24) is 4.90 Å². The number of benzene rings is 2. The van der Waals surface area contributed by atoms with Crippen LogP contribution in [0.3, 0.4) is 0 Å². The molecule has 1 atom stereocenters. The van der Waals surface area contributed by atoms with Crippen LogP contribution in [-0.2, 0) is 4.79 Å². The molecule has 1 unspecified atom stereocenters. The first-order valence-electron chi connectivity index (χ1n) is 11.8. The van der Waals surface area contributed by atoms with E-state index in [1.807, 2.05) is 6.92 Å². The molecule has 2 aliphatic rings. The Morgan fingerprint density at radius 2 is 1.56 bits per heavy atom. The third-order valence-electron chi connectivity index (χ3n) is 6.37. The first-order chi connectivity index (χ1) is 16.4. The lowest BCUT2D eigenvalue weighted by atomic mass is 10.1. The zero-order valence-corrected chi connectivity index (χ0v) is 19.2. The standard InChI is InChI=1S/C26H28F2N2O4/c1-17-16-34-24-21(14-13-20(27)23(24)28)30(17)22(31)12-6-4-2-3-5-9-15-29-25(32)18-10-7-8-11-19(18)26(29)33/h7-8,10-11,13-14,17H,2-6,9,12,15-16H2,1H3. The van der Waals surface area contributed by atoms with Gasteiger partial charge in [-0.15, -0.1) is 0 Å². The van der Waals surface area contributed by atoms with Gasteiger partial charge in [0.1, 0.15) is 6.61 Å². The highest BCUT2D eigenvalue weighted by atomic mass is 19.2. The molecular formula is C26H28F2N2O4. The highest BCUT2D eigenvalue weighted by molar-refractivity contribution is 6.21. The molecule has 4 rings (SSSR count). The summed E-state index contributed by atoms with van der Waals surface area (Å²) in [4.78, 5) is 40.3. The summed E-state index contributed by atoms with van der Waals surface area (Å²) in [7, 11) is 0. The van der Waals surface area contributed by atoms with Gasteiger partial charge in [0.25, 0.3) is 11.8 Å². The molecule has 0 N–H and O–H groups in total. The molecule has 0 saturated heterocycles. The monoisotopic (exact) mass is 470 g/mol. The van der Waals surface area contributed by atoms with Crippen molar-refractivity contribution in [1.29, 1.82) is 0 Å². The van der Waals surface area contributed by atoms with Gasteiger partial charge in [-0.2, -0.15) is 4.39 Å². The minimum absolute atomic E-state index is 0.117. The molecule has 0 fully saturated rings. The highest BCUT2D eigenvalue weighted by Crippen LogP contribution is 2.37. The molecule has 2 aromatic carbocycles. The van der Waals surface area contributed by atoms with Crippen molar-refractivity contribution in [2.75, 3.05) is 18.1 Å². The number of rotatable bonds is 9. The molecule has 0 aliphatic carbocycles. The van der Waals surface area contributed by atoms with Crippen molar-refractivity contribution < 1.29 is 27.9 Å². The molecule has 34 heavy (non-hydrogen) atoms. The van der Waals surface area contributed by atoms with Gasteiger partial charge in [-0.3, -0.25) is 19.3 Å². The number of halogens is 2. The summed E-state index contributed by atoms with van der Waals surface area (Å²) in [5, 5.41) is 0. The number of unbranched alkanes of at least 4 members (excludes halogenated alkanes) is 5.